The lowest BCUT2D eigenvalue weighted by Gasteiger charge is -2.21. The van der Waals surface area contributed by atoms with Crippen LogP contribution in [0, 0.1) is 0 Å². The van der Waals surface area contributed by atoms with E-state index in [-0.39, 0.29) is 5.69 Å². The lowest BCUT2D eigenvalue weighted by Crippen LogP contribution is -2.31. The molecule has 0 aromatic carbocycles. The highest BCUT2D eigenvalue weighted by Gasteiger charge is 2.23. The van der Waals surface area contributed by atoms with Crippen LogP contribution in [0.15, 0.2) is 23.5 Å². The molecule has 0 saturated carbocycles. The van der Waals surface area contributed by atoms with E-state index in [0.717, 1.165) is 31.8 Å². The van der Waals surface area contributed by atoms with Crippen LogP contribution in [0.25, 0.3) is 0 Å². The smallest absolute Gasteiger partial charge is 0.336 e. The highest BCUT2D eigenvalue weighted by molar-refractivity contribution is 5.00. The summed E-state index contributed by atoms with van der Waals surface area (Å²) in [5.74, 6) is 1.28. The number of hydrogen-bond donors (Lipinski definition) is 1. The van der Waals surface area contributed by atoms with E-state index in [9.17, 15) is 4.79 Å². The van der Waals surface area contributed by atoms with Gasteiger partial charge in [0.1, 0.15) is 5.82 Å². The number of nitrogens with one attached hydrogen (secondary N) is 1. The molecular weight excluding hydrogens is 268 g/mol. The van der Waals surface area contributed by atoms with Crippen LogP contribution in [0.5, 0.6) is 0 Å². The highest BCUT2D eigenvalue weighted by atomic mass is 16.2. The van der Waals surface area contributed by atoms with Gasteiger partial charge in [0.25, 0.3) is 0 Å². The van der Waals surface area contributed by atoms with Crippen LogP contribution in [0.2, 0.25) is 0 Å². The van der Waals surface area contributed by atoms with Gasteiger partial charge in [0.2, 0.25) is 0 Å². The minimum absolute atomic E-state index is 0.00168. The Morgan fingerprint density at radius 2 is 2.33 bits per heavy atom. The third-order valence-corrected chi connectivity index (χ3v) is 4.06. The Balaban J connectivity index is 1.80. The number of piperidine rings is 1. The maximum absolute atomic E-state index is 12.4. The molecule has 7 heteroatoms. The summed E-state index contributed by atoms with van der Waals surface area (Å²) in [7, 11) is 0. The summed E-state index contributed by atoms with van der Waals surface area (Å²) in [6.45, 7) is 5.95. The van der Waals surface area contributed by atoms with Gasteiger partial charge in [-0.15, -0.1) is 0 Å². The first-order valence-corrected chi connectivity index (χ1v) is 7.63. The average molecular weight is 290 g/mol. The Bertz CT molecular complexity index is 620. The van der Waals surface area contributed by atoms with E-state index >= 15 is 0 Å². The molecule has 1 fully saturated rings. The number of rotatable bonds is 5. The van der Waals surface area contributed by atoms with Crippen LogP contribution in [-0.2, 0) is 19.6 Å². The third kappa shape index (κ3) is 2.92. The monoisotopic (exact) mass is 290 g/mol. The number of nitrogens with zero attached hydrogens (tertiary/aromatic N) is 5. The second-order valence-corrected chi connectivity index (χ2v) is 5.45. The van der Waals surface area contributed by atoms with E-state index < -0.39 is 0 Å². The molecular formula is C14H22N6O. The fourth-order valence-corrected chi connectivity index (χ4v) is 2.90. The van der Waals surface area contributed by atoms with Crippen LogP contribution in [0.3, 0.4) is 0 Å². The first-order chi connectivity index (χ1) is 10.3. The van der Waals surface area contributed by atoms with Crippen molar-refractivity contribution in [2.75, 3.05) is 13.1 Å². The molecule has 1 atom stereocenters. The first-order valence-electron chi connectivity index (χ1n) is 7.63. The average Bonchev–Trinajstić information content (AvgIpc) is 3.14. The van der Waals surface area contributed by atoms with Crippen molar-refractivity contribution < 1.29 is 0 Å². The Hall–Kier alpha value is -1.89. The lowest BCUT2D eigenvalue weighted by atomic mass is 9.99. The van der Waals surface area contributed by atoms with Gasteiger partial charge in [0.05, 0.1) is 12.9 Å². The van der Waals surface area contributed by atoms with Crippen LogP contribution in [0.1, 0.15) is 31.5 Å². The maximum Gasteiger partial charge on any atom is 0.345 e. The fraction of sp³-hybridized carbons (Fsp3) is 0.643. The summed E-state index contributed by atoms with van der Waals surface area (Å²) < 4.78 is 5.36. The van der Waals surface area contributed by atoms with E-state index in [4.69, 9.17) is 0 Å². The highest BCUT2D eigenvalue weighted by Crippen LogP contribution is 2.20. The molecule has 3 heterocycles. The van der Waals surface area contributed by atoms with E-state index in [0.29, 0.717) is 25.6 Å². The molecule has 0 spiro atoms. The van der Waals surface area contributed by atoms with Gasteiger partial charge in [-0.25, -0.2) is 14.5 Å². The fourth-order valence-electron chi connectivity index (χ4n) is 2.90. The largest absolute Gasteiger partial charge is 0.345 e. The van der Waals surface area contributed by atoms with Crippen molar-refractivity contribution in [2.24, 2.45) is 0 Å². The van der Waals surface area contributed by atoms with Gasteiger partial charge >= 0.3 is 5.69 Å². The molecule has 3 rings (SSSR count). The van der Waals surface area contributed by atoms with E-state index in [1.54, 1.807) is 17.2 Å². The molecule has 21 heavy (non-hydrogen) atoms. The van der Waals surface area contributed by atoms with Crippen molar-refractivity contribution in [2.45, 2.75) is 45.3 Å². The van der Waals surface area contributed by atoms with Gasteiger partial charge in [0.15, 0.2) is 0 Å². The van der Waals surface area contributed by atoms with Crippen molar-refractivity contribution in [1.82, 2.24) is 29.2 Å². The molecule has 2 aromatic heterocycles. The van der Waals surface area contributed by atoms with Gasteiger partial charge in [0, 0.05) is 37.9 Å². The number of hydrogen-bond acceptors (Lipinski definition) is 4. The minimum atomic E-state index is -0.00168. The summed E-state index contributed by atoms with van der Waals surface area (Å²) in [5, 5.41) is 7.99. The van der Waals surface area contributed by atoms with Crippen molar-refractivity contribution >= 4 is 0 Å². The SMILES string of the molecule is CCn1c(C2CCCNC2)nn(CCn2ccnc2)c1=O. The van der Waals surface area contributed by atoms with Crippen molar-refractivity contribution in [3.63, 3.8) is 0 Å². The molecule has 7 nitrogen and oxygen atoms in total. The van der Waals surface area contributed by atoms with Crippen molar-refractivity contribution in [3.05, 3.63) is 35.0 Å². The standard InChI is InChI=1S/C14H22N6O/c1-2-19-13(12-4-3-5-15-10-12)17-20(14(19)21)9-8-18-7-6-16-11-18/h6-7,11-12,15H,2-5,8-10H2,1H3. The van der Waals surface area contributed by atoms with Gasteiger partial charge in [-0.3, -0.25) is 4.57 Å². The molecule has 0 bridgehead atoms. The Labute approximate surface area is 123 Å². The molecule has 0 amide bonds. The zero-order valence-corrected chi connectivity index (χ0v) is 12.4. The Kier molecular flexibility index (Phi) is 4.19. The molecule has 2 aromatic rings. The van der Waals surface area contributed by atoms with Gasteiger partial charge in [-0.05, 0) is 26.3 Å². The normalized spacial score (nSPS) is 19.0. The Morgan fingerprint density at radius 1 is 1.43 bits per heavy atom. The third-order valence-electron chi connectivity index (χ3n) is 4.06. The molecule has 0 aliphatic carbocycles. The van der Waals surface area contributed by atoms with Crippen LogP contribution in [0.4, 0.5) is 0 Å². The molecule has 1 unspecified atom stereocenters. The van der Waals surface area contributed by atoms with Gasteiger partial charge < -0.3 is 9.88 Å². The van der Waals surface area contributed by atoms with Gasteiger partial charge in [-0.1, -0.05) is 0 Å². The van der Waals surface area contributed by atoms with Crippen LogP contribution >= 0.6 is 0 Å². The number of aromatic nitrogens is 5. The zero-order valence-electron chi connectivity index (χ0n) is 12.4. The van der Waals surface area contributed by atoms with Crippen molar-refractivity contribution in [3.8, 4) is 0 Å². The first kappa shape index (κ1) is 14.1. The number of imidazole rings is 1. The van der Waals surface area contributed by atoms with Gasteiger partial charge in [-0.2, -0.15) is 5.10 Å². The minimum Gasteiger partial charge on any atom is -0.336 e. The summed E-state index contributed by atoms with van der Waals surface area (Å²) in [6.07, 6.45) is 7.64. The van der Waals surface area contributed by atoms with E-state index in [2.05, 4.69) is 15.4 Å². The van der Waals surface area contributed by atoms with Crippen molar-refractivity contribution in [1.29, 1.82) is 0 Å². The summed E-state index contributed by atoms with van der Waals surface area (Å²) >= 11 is 0. The molecule has 1 aliphatic heterocycles. The molecule has 1 N–H and O–H groups in total. The second-order valence-electron chi connectivity index (χ2n) is 5.45. The summed E-state index contributed by atoms with van der Waals surface area (Å²) in [5.41, 5.74) is -0.00168. The predicted octanol–water partition coefficient (Wildman–Crippen LogP) is 0.428. The number of aryl methyl sites for hydroxylation is 2. The zero-order chi connectivity index (χ0) is 14.7. The quantitative estimate of drug-likeness (QED) is 0.867. The topological polar surface area (TPSA) is 69.7 Å². The maximum atomic E-state index is 12.4. The molecule has 1 aliphatic rings. The summed E-state index contributed by atoms with van der Waals surface area (Å²) in [4.78, 5) is 16.5. The predicted molar refractivity (Wildman–Crippen MR) is 79.2 cm³/mol. The molecule has 114 valence electrons. The van der Waals surface area contributed by atoms with Crippen LogP contribution in [-0.4, -0.2) is 37.0 Å². The van der Waals surface area contributed by atoms with Crippen LogP contribution < -0.4 is 11.0 Å². The molecule has 1 saturated heterocycles. The molecule has 0 radical (unpaired) electrons. The lowest BCUT2D eigenvalue weighted by molar-refractivity contribution is 0.429. The summed E-state index contributed by atoms with van der Waals surface area (Å²) in [6, 6.07) is 0. The Morgan fingerprint density at radius 3 is 3.00 bits per heavy atom. The van der Waals surface area contributed by atoms with E-state index in [1.807, 2.05) is 22.3 Å². The second kappa shape index (κ2) is 6.26. The van der Waals surface area contributed by atoms with E-state index in [1.165, 1.54) is 0 Å².